The van der Waals surface area contributed by atoms with Crippen LogP contribution in [-0.2, 0) is 0 Å². The second kappa shape index (κ2) is 6.26. The Bertz CT molecular complexity index is 806. The summed E-state index contributed by atoms with van der Waals surface area (Å²) < 4.78 is 4.91. The Hall–Kier alpha value is -2.89. The molecule has 1 aromatic heterocycles. The Morgan fingerprint density at radius 2 is 2.00 bits per heavy atom. The third-order valence-corrected chi connectivity index (χ3v) is 3.02. The summed E-state index contributed by atoms with van der Waals surface area (Å²) in [4.78, 5) is 23.7. The van der Waals surface area contributed by atoms with Crippen LogP contribution in [0, 0.1) is 13.8 Å². The van der Waals surface area contributed by atoms with Gasteiger partial charge in [0.1, 0.15) is 17.1 Å². The van der Waals surface area contributed by atoms with E-state index in [-0.39, 0.29) is 17.0 Å². The highest BCUT2D eigenvalue weighted by atomic mass is 16.4. The third kappa shape index (κ3) is 3.41. The first-order chi connectivity index (χ1) is 10.4. The summed E-state index contributed by atoms with van der Waals surface area (Å²) in [6.45, 7) is 4.93. The van der Waals surface area contributed by atoms with E-state index in [9.17, 15) is 14.7 Å². The lowest BCUT2D eigenvalue weighted by Crippen LogP contribution is -2.21. The van der Waals surface area contributed by atoms with Crippen LogP contribution in [0.25, 0.3) is 0 Å². The zero-order valence-corrected chi connectivity index (χ0v) is 12.5. The van der Waals surface area contributed by atoms with Crippen LogP contribution in [-0.4, -0.2) is 16.7 Å². The molecule has 0 atom stereocenters. The lowest BCUT2D eigenvalue weighted by atomic mass is 10.1. The Morgan fingerprint density at radius 3 is 2.64 bits per heavy atom. The number of aromatic hydroxyl groups is 1. The highest BCUT2D eigenvalue weighted by Crippen LogP contribution is 2.15. The molecule has 0 radical (unpaired) electrons. The molecule has 2 N–H and O–H groups in total. The summed E-state index contributed by atoms with van der Waals surface area (Å²) in [7, 11) is 0. The number of nitrogens with one attached hydrogen (secondary N) is 1. The molecule has 0 aliphatic carbocycles. The molecule has 0 fully saturated rings. The molecule has 0 unspecified atom stereocenters. The van der Waals surface area contributed by atoms with E-state index < -0.39 is 11.5 Å². The average Bonchev–Trinajstić information content (AvgIpc) is 2.43. The van der Waals surface area contributed by atoms with Gasteiger partial charge in [-0.2, -0.15) is 5.10 Å². The molecule has 22 heavy (non-hydrogen) atoms. The van der Waals surface area contributed by atoms with Crippen molar-refractivity contribution < 1.29 is 14.3 Å². The molecule has 0 spiro atoms. The molecule has 1 amide bonds. The first-order valence-electron chi connectivity index (χ1n) is 6.64. The van der Waals surface area contributed by atoms with Gasteiger partial charge in [0.2, 0.25) is 0 Å². The number of carbonyl (C=O) groups is 1. The lowest BCUT2D eigenvalue weighted by molar-refractivity contribution is 0.0954. The van der Waals surface area contributed by atoms with Crippen LogP contribution >= 0.6 is 0 Å². The quantitative estimate of drug-likeness (QED) is 0.671. The van der Waals surface area contributed by atoms with Crippen molar-refractivity contribution in [1.29, 1.82) is 0 Å². The van der Waals surface area contributed by atoms with Crippen molar-refractivity contribution in [2.24, 2.45) is 5.10 Å². The van der Waals surface area contributed by atoms with Gasteiger partial charge in [-0.3, -0.25) is 4.79 Å². The Balaban J connectivity index is 2.24. The summed E-state index contributed by atoms with van der Waals surface area (Å²) >= 11 is 0. The standard InChI is InChI=1S/C16H16N2O4/c1-9-5-4-6-12(7-9)15(20)18-17-11(3)14-13(19)8-10(2)22-16(14)21/h4-8,19H,1-3H3,(H,18,20)/b17-11+. The van der Waals surface area contributed by atoms with Gasteiger partial charge in [0.15, 0.2) is 0 Å². The molecule has 2 aromatic rings. The van der Waals surface area contributed by atoms with Crippen molar-refractivity contribution in [2.45, 2.75) is 20.8 Å². The number of hydrogen-bond acceptors (Lipinski definition) is 5. The number of hydrogen-bond donors (Lipinski definition) is 2. The van der Waals surface area contributed by atoms with Gasteiger partial charge in [0.05, 0.1) is 5.71 Å². The summed E-state index contributed by atoms with van der Waals surface area (Å²) in [5.41, 5.74) is 3.14. The highest BCUT2D eigenvalue weighted by molar-refractivity contribution is 6.02. The number of aryl methyl sites for hydroxylation is 2. The van der Waals surface area contributed by atoms with Crippen molar-refractivity contribution >= 4 is 11.6 Å². The number of nitrogens with zero attached hydrogens (tertiary/aromatic N) is 1. The molecule has 2 rings (SSSR count). The fourth-order valence-corrected chi connectivity index (χ4v) is 1.97. The molecule has 6 heteroatoms. The highest BCUT2D eigenvalue weighted by Gasteiger charge is 2.13. The van der Waals surface area contributed by atoms with Crippen molar-refractivity contribution in [3.8, 4) is 5.75 Å². The number of benzene rings is 1. The van der Waals surface area contributed by atoms with Gasteiger partial charge >= 0.3 is 5.63 Å². The number of hydrazone groups is 1. The zero-order valence-electron chi connectivity index (χ0n) is 12.5. The van der Waals surface area contributed by atoms with Crippen molar-refractivity contribution in [3.05, 3.63) is 63.2 Å². The maximum Gasteiger partial charge on any atom is 0.348 e. The van der Waals surface area contributed by atoms with Gasteiger partial charge in [-0.25, -0.2) is 10.2 Å². The molecule has 1 heterocycles. The second-order valence-electron chi connectivity index (χ2n) is 4.91. The van der Waals surface area contributed by atoms with Crippen LogP contribution in [0.1, 0.15) is 34.2 Å². The SMILES string of the molecule is C/C(=N\NC(=O)c1cccc(C)c1)c1c(O)cc(C)oc1=O. The van der Waals surface area contributed by atoms with E-state index in [2.05, 4.69) is 10.5 Å². The smallest absolute Gasteiger partial charge is 0.348 e. The van der Waals surface area contributed by atoms with Crippen LogP contribution in [0.15, 0.2) is 44.6 Å². The van der Waals surface area contributed by atoms with Crippen LogP contribution in [0.4, 0.5) is 0 Å². The second-order valence-corrected chi connectivity index (χ2v) is 4.91. The third-order valence-electron chi connectivity index (χ3n) is 3.02. The molecule has 0 aliphatic rings. The van der Waals surface area contributed by atoms with E-state index in [1.807, 2.05) is 13.0 Å². The van der Waals surface area contributed by atoms with Crippen molar-refractivity contribution in [3.63, 3.8) is 0 Å². The van der Waals surface area contributed by atoms with Gasteiger partial charge in [0.25, 0.3) is 5.91 Å². The van der Waals surface area contributed by atoms with Gasteiger partial charge in [-0.1, -0.05) is 17.7 Å². The summed E-state index contributed by atoms with van der Waals surface area (Å²) in [6.07, 6.45) is 0. The van der Waals surface area contributed by atoms with E-state index >= 15 is 0 Å². The number of carbonyl (C=O) groups excluding carboxylic acids is 1. The van der Waals surface area contributed by atoms with Gasteiger partial charge < -0.3 is 9.52 Å². The van der Waals surface area contributed by atoms with E-state index in [0.29, 0.717) is 11.3 Å². The minimum absolute atomic E-state index is 0.0739. The van der Waals surface area contributed by atoms with Crippen molar-refractivity contribution in [1.82, 2.24) is 5.43 Å². The Morgan fingerprint density at radius 1 is 1.27 bits per heavy atom. The summed E-state index contributed by atoms with van der Waals surface area (Å²) in [6, 6.07) is 8.34. The number of amides is 1. The van der Waals surface area contributed by atoms with Crippen LogP contribution < -0.4 is 11.1 Å². The van der Waals surface area contributed by atoms with Gasteiger partial charge in [-0.05, 0) is 32.9 Å². The Kier molecular flexibility index (Phi) is 4.41. The molecule has 0 bridgehead atoms. The maximum atomic E-state index is 12.0. The lowest BCUT2D eigenvalue weighted by Gasteiger charge is -2.05. The molecule has 0 saturated heterocycles. The molecule has 6 nitrogen and oxygen atoms in total. The van der Waals surface area contributed by atoms with E-state index in [4.69, 9.17) is 4.42 Å². The molecule has 0 saturated carbocycles. The molecule has 1 aromatic carbocycles. The first-order valence-corrected chi connectivity index (χ1v) is 6.64. The van der Waals surface area contributed by atoms with E-state index in [1.165, 1.54) is 13.0 Å². The number of rotatable bonds is 3. The largest absolute Gasteiger partial charge is 0.507 e. The van der Waals surface area contributed by atoms with E-state index in [0.717, 1.165) is 5.56 Å². The minimum Gasteiger partial charge on any atom is -0.507 e. The fraction of sp³-hybridized carbons (Fsp3) is 0.188. The van der Waals surface area contributed by atoms with Gasteiger partial charge in [0, 0.05) is 11.6 Å². The minimum atomic E-state index is -0.705. The molecule has 114 valence electrons. The van der Waals surface area contributed by atoms with Crippen LogP contribution in [0.5, 0.6) is 5.75 Å². The van der Waals surface area contributed by atoms with Crippen molar-refractivity contribution in [2.75, 3.05) is 0 Å². The maximum absolute atomic E-state index is 12.0. The molecule has 0 aliphatic heterocycles. The predicted molar refractivity (Wildman–Crippen MR) is 82.2 cm³/mol. The summed E-state index contributed by atoms with van der Waals surface area (Å²) in [5, 5.41) is 13.7. The van der Waals surface area contributed by atoms with E-state index in [1.54, 1.807) is 25.1 Å². The summed E-state index contributed by atoms with van der Waals surface area (Å²) in [5.74, 6) is -0.346. The Labute approximate surface area is 127 Å². The topological polar surface area (TPSA) is 91.9 Å². The van der Waals surface area contributed by atoms with Crippen LogP contribution in [0.2, 0.25) is 0 Å². The molecular formula is C16H16N2O4. The normalized spacial score (nSPS) is 11.3. The fourth-order valence-electron chi connectivity index (χ4n) is 1.97. The average molecular weight is 300 g/mol. The monoisotopic (exact) mass is 300 g/mol. The van der Waals surface area contributed by atoms with Crippen LogP contribution in [0.3, 0.4) is 0 Å². The first kappa shape index (κ1) is 15.5. The van der Waals surface area contributed by atoms with Gasteiger partial charge in [-0.15, -0.1) is 0 Å². The molecular weight excluding hydrogens is 284 g/mol. The predicted octanol–water partition coefficient (Wildman–Crippen LogP) is 2.12. The zero-order chi connectivity index (χ0) is 16.3.